The van der Waals surface area contributed by atoms with Crippen molar-refractivity contribution in [2.45, 2.75) is 24.9 Å². The van der Waals surface area contributed by atoms with Crippen molar-refractivity contribution >= 4 is 40.4 Å². The van der Waals surface area contributed by atoms with Crippen LogP contribution in [0.3, 0.4) is 0 Å². The zero-order valence-electron chi connectivity index (χ0n) is 15.9. The van der Waals surface area contributed by atoms with E-state index in [1.165, 1.54) is 23.3 Å². The van der Waals surface area contributed by atoms with Crippen LogP contribution in [0.25, 0.3) is 11.3 Å². The topological polar surface area (TPSA) is 90.4 Å². The molecule has 1 unspecified atom stereocenters. The fourth-order valence-corrected chi connectivity index (χ4v) is 3.57. The minimum Gasteiger partial charge on any atom is -0.467 e. The molecule has 0 saturated heterocycles. The lowest BCUT2D eigenvalue weighted by Gasteiger charge is -2.13. The van der Waals surface area contributed by atoms with Crippen LogP contribution in [-0.2, 0) is 6.42 Å². The van der Waals surface area contributed by atoms with Gasteiger partial charge in [0.25, 0.3) is 0 Å². The number of thioether (sulfide) groups is 1. The number of nitrogens with two attached hydrogens (primary N) is 1. The molecule has 0 radical (unpaired) electrons. The average Bonchev–Trinajstić information content (AvgIpc) is 3.04. The van der Waals surface area contributed by atoms with Gasteiger partial charge in [-0.2, -0.15) is 13.2 Å². The molecule has 0 aliphatic rings. The number of hydrogen-bond acceptors (Lipinski definition) is 7. The van der Waals surface area contributed by atoms with Crippen LogP contribution in [-0.4, -0.2) is 38.0 Å². The summed E-state index contributed by atoms with van der Waals surface area (Å²) < 4.78 is 45.5. The molecular formula is C18H18ClF3N6OS. The van der Waals surface area contributed by atoms with E-state index in [-0.39, 0.29) is 39.1 Å². The maximum absolute atomic E-state index is 13.0. The van der Waals surface area contributed by atoms with Gasteiger partial charge in [-0.25, -0.2) is 15.0 Å². The predicted molar refractivity (Wildman–Crippen MR) is 111 cm³/mol. The number of fused-ring (bicyclic) bond motifs is 1. The van der Waals surface area contributed by atoms with Gasteiger partial charge in [0, 0.05) is 6.20 Å². The van der Waals surface area contributed by atoms with Gasteiger partial charge in [-0.05, 0) is 24.5 Å². The van der Waals surface area contributed by atoms with Gasteiger partial charge in [-0.15, -0.1) is 11.8 Å². The highest BCUT2D eigenvalue weighted by Gasteiger charge is 2.32. The van der Waals surface area contributed by atoms with Crippen molar-refractivity contribution in [3.05, 3.63) is 52.5 Å². The molecule has 3 rings (SSSR count). The molecule has 0 aliphatic carbocycles. The van der Waals surface area contributed by atoms with Gasteiger partial charge < -0.3 is 15.8 Å². The largest absolute Gasteiger partial charge is 0.467 e. The molecule has 0 amide bonds. The second-order valence-corrected chi connectivity index (χ2v) is 7.83. The van der Waals surface area contributed by atoms with Crippen LogP contribution in [0.15, 0.2) is 36.1 Å². The van der Waals surface area contributed by atoms with E-state index in [1.807, 2.05) is 6.92 Å². The van der Waals surface area contributed by atoms with Crippen molar-refractivity contribution in [2.75, 3.05) is 12.4 Å². The summed E-state index contributed by atoms with van der Waals surface area (Å²) in [6, 6.07) is 3.42. The van der Waals surface area contributed by atoms with E-state index >= 15 is 0 Å². The number of halogens is 4. The number of imidazole rings is 1. The summed E-state index contributed by atoms with van der Waals surface area (Å²) in [4.78, 5) is 12.1. The number of aromatic nitrogens is 4. The van der Waals surface area contributed by atoms with Crippen molar-refractivity contribution in [1.82, 2.24) is 19.4 Å². The van der Waals surface area contributed by atoms with Gasteiger partial charge in [0.15, 0.2) is 5.65 Å². The van der Waals surface area contributed by atoms with Gasteiger partial charge >= 0.3 is 12.2 Å². The molecule has 0 aromatic carbocycles. The summed E-state index contributed by atoms with van der Waals surface area (Å²) in [5.74, 6) is 0. The summed E-state index contributed by atoms with van der Waals surface area (Å²) in [6.45, 7) is 1.86. The molecule has 30 heavy (non-hydrogen) atoms. The first-order chi connectivity index (χ1) is 14.2. The number of nitrogens with one attached hydrogen (secondary N) is 1. The second kappa shape index (κ2) is 9.00. The molecule has 3 aromatic rings. The first-order valence-corrected chi connectivity index (χ1v) is 9.96. The first-order valence-electron chi connectivity index (χ1n) is 8.64. The van der Waals surface area contributed by atoms with Crippen molar-refractivity contribution in [3.63, 3.8) is 0 Å². The minimum absolute atomic E-state index is 0.147. The number of alkyl halides is 3. The Morgan fingerprint density at radius 2 is 2.10 bits per heavy atom. The summed E-state index contributed by atoms with van der Waals surface area (Å²) in [5.41, 5.74) is 7.15. The molecule has 0 saturated carbocycles. The number of methoxy groups -OCH3 is 1. The van der Waals surface area contributed by atoms with Gasteiger partial charge in [-0.1, -0.05) is 11.6 Å². The van der Waals surface area contributed by atoms with E-state index in [4.69, 9.17) is 22.1 Å². The van der Waals surface area contributed by atoms with Crippen LogP contribution in [0, 0.1) is 0 Å². The molecule has 3 aromatic heterocycles. The van der Waals surface area contributed by atoms with E-state index in [1.54, 1.807) is 36.1 Å². The molecule has 3 N–H and O–H groups in total. The summed E-state index contributed by atoms with van der Waals surface area (Å²) in [6.07, 6.45) is -0.953. The molecule has 7 nitrogen and oxygen atoms in total. The van der Waals surface area contributed by atoms with Crippen molar-refractivity contribution in [1.29, 1.82) is 0 Å². The molecule has 0 spiro atoms. The summed E-state index contributed by atoms with van der Waals surface area (Å²) >= 11 is 7.38. The minimum atomic E-state index is -4.43. The maximum Gasteiger partial charge on any atom is 0.394 e. The highest BCUT2D eigenvalue weighted by Crippen LogP contribution is 2.30. The highest BCUT2D eigenvalue weighted by atomic mass is 35.5. The lowest BCUT2D eigenvalue weighted by atomic mass is 10.2. The maximum atomic E-state index is 13.0. The van der Waals surface area contributed by atoms with Crippen molar-refractivity contribution in [2.24, 2.45) is 5.73 Å². The third-order valence-electron chi connectivity index (χ3n) is 3.90. The number of nitrogens with zero attached hydrogens (tertiary/aromatic N) is 4. The van der Waals surface area contributed by atoms with Crippen LogP contribution in [0.2, 0.25) is 5.02 Å². The number of hydrogen-bond donors (Lipinski definition) is 2. The van der Waals surface area contributed by atoms with Crippen molar-refractivity contribution < 1.29 is 17.9 Å². The molecule has 160 valence electrons. The summed E-state index contributed by atoms with van der Waals surface area (Å²) in [7, 11) is 1.47. The SMILES string of the molecule is COc1ncc(NC(C)S/C=C(\N)c2c(CC(F)(F)F)nc3c(Cl)cccn23)cn1. The fraction of sp³-hybridized carbons (Fsp3) is 0.278. The first kappa shape index (κ1) is 22.0. The Morgan fingerprint density at radius 1 is 1.40 bits per heavy atom. The average molecular weight is 459 g/mol. The smallest absolute Gasteiger partial charge is 0.394 e. The molecule has 3 heterocycles. The molecule has 0 bridgehead atoms. The summed E-state index contributed by atoms with van der Waals surface area (Å²) in [5, 5.41) is 4.79. The Balaban J connectivity index is 1.83. The van der Waals surface area contributed by atoms with Crippen LogP contribution in [0.4, 0.5) is 18.9 Å². The quantitative estimate of drug-likeness (QED) is 0.509. The standard InChI is InChI=1S/C18H18ClF3N6OS/c1-10(26-11-7-24-17(29-2)25-8-11)30-9-13(23)15-14(6-18(20,21)22)27-16-12(19)4-3-5-28(15)16/h3-5,7-10,26H,6,23H2,1-2H3/b13-9-. The zero-order chi connectivity index (χ0) is 21.9. The van der Waals surface area contributed by atoms with Crippen LogP contribution in [0.5, 0.6) is 6.01 Å². The van der Waals surface area contributed by atoms with Crippen LogP contribution < -0.4 is 15.8 Å². The monoisotopic (exact) mass is 458 g/mol. The van der Waals surface area contributed by atoms with E-state index in [0.29, 0.717) is 5.69 Å². The Kier molecular flexibility index (Phi) is 6.61. The molecule has 0 aliphatic heterocycles. The molecule has 0 fully saturated rings. The zero-order valence-corrected chi connectivity index (χ0v) is 17.5. The Bertz CT molecular complexity index is 1050. The Morgan fingerprint density at radius 3 is 2.73 bits per heavy atom. The normalized spacial score (nSPS) is 13.5. The Labute approximate surface area is 179 Å². The van der Waals surface area contributed by atoms with Crippen LogP contribution >= 0.6 is 23.4 Å². The lowest BCUT2D eigenvalue weighted by Crippen LogP contribution is -2.15. The molecule has 12 heteroatoms. The van der Waals surface area contributed by atoms with Crippen molar-refractivity contribution in [3.8, 4) is 6.01 Å². The predicted octanol–water partition coefficient (Wildman–Crippen LogP) is 4.34. The lowest BCUT2D eigenvalue weighted by molar-refractivity contribution is -0.127. The van der Waals surface area contributed by atoms with E-state index in [9.17, 15) is 13.2 Å². The highest BCUT2D eigenvalue weighted by molar-refractivity contribution is 8.02. The van der Waals surface area contributed by atoms with Gasteiger partial charge in [0.05, 0.1) is 59.1 Å². The van der Waals surface area contributed by atoms with Gasteiger partial charge in [-0.3, -0.25) is 4.40 Å². The van der Waals surface area contributed by atoms with Gasteiger partial charge in [0.1, 0.15) is 0 Å². The van der Waals surface area contributed by atoms with E-state index < -0.39 is 12.6 Å². The van der Waals surface area contributed by atoms with E-state index in [0.717, 1.165) is 0 Å². The second-order valence-electron chi connectivity index (χ2n) is 6.20. The third kappa shape index (κ3) is 5.28. The van der Waals surface area contributed by atoms with Gasteiger partial charge in [0.2, 0.25) is 0 Å². The van der Waals surface area contributed by atoms with E-state index in [2.05, 4.69) is 20.3 Å². The number of anilines is 1. The Hall–Kier alpha value is -2.66. The molecule has 1 atom stereocenters. The number of rotatable bonds is 7. The van der Waals surface area contributed by atoms with Crippen LogP contribution in [0.1, 0.15) is 18.3 Å². The fourth-order valence-electron chi connectivity index (χ4n) is 2.70. The number of pyridine rings is 1. The molecular weight excluding hydrogens is 441 g/mol. The third-order valence-corrected chi connectivity index (χ3v) is 5.11. The number of ether oxygens (including phenoxy) is 1.